The van der Waals surface area contributed by atoms with Gasteiger partial charge in [0.1, 0.15) is 0 Å². The van der Waals surface area contributed by atoms with Gasteiger partial charge in [0.25, 0.3) is 0 Å². The lowest BCUT2D eigenvalue weighted by Crippen LogP contribution is -2.36. The molecule has 2 N–H and O–H groups in total. The Morgan fingerprint density at radius 3 is 2.48 bits per heavy atom. The molecule has 0 bridgehead atoms. The summed E-state index contributed by atoms with van der Waals surface area (Å²) in [6.45, 7) is 5.26. The molecule has 0 heterocycles. The lowest BCUT2D eigenvalue weighted by Gasteiger charge is -2.10. The van der Waals surface area contributed by atoms with Crippen LogP contribution in [0, 0.1) is 0 Å². The lowest BCUT2D eigenvalue weighted by atomic mass is 10.2. The van der Waals surface area contributed by atoms with Crippen LogP contribution in [-0.2, 0) is 19.1 Å². The molecule has 0 fully saturated rings. The minimum Gasteiger partial charge on any atom is -0.462 e. The van der Waals surface area contributed by atoms with Crippen LogP contribution in [-0.4, -0.2) is 44.1 Å². The maximum atomic E-state index is 11.9. The number of hydrogen-bond acceptors (Lipinski definition) is 5. The predicted octanol–water partition coefficient (Wildman–Crippen LogP) is 1.34. The van der Waals surface area contributed by atoms with Gasteiger partial charge in [-0.2, -0.15) is 0 Å². The number of nitrogens with one attached hydrogen (secondary N) is 2. The summed E-state index contributed by atoms with van der Waals surface area (Å²) < 4.78 is 10.0. The van der Waals surface area contributed by atoms with Crippen LogP contribution in [0.25, 0.3) is 0 Å². The van der Waals surface area contributed by atoms with Crippen molar-refractivity contribution < 1.29 is 23.9 Å². The number of ether oxygens (including phenoxy) is 2. The monoisotopic (exact) mass is 322 g/mol. The first-order valence-corrected chi connectivity index (χ1v) is 7.53. The van der Waals surface area contributed by atoms with Gasteiger partial charge >= 0.3 is 17.8 Å². The summed E-state index contributed by atoms with van der Waals surface area (Å²) in [5, 5.41) is 4.91. The summed E-state index contributed by atoms with van der Waals surface area (Å²) in [4.78, 5) is 35.4. The number of rotatable bonds is 8. The summed E-state index contributed by atoms with van der Waals surface area (Å²) in [7, 11) is 0. The number of benzene rings is 1. The van der Waals surface area contributed by atoms with E-state index in [1.54, 1.807) is 19.1 Å². The van der Waals surface area contributed by atoms with E-state index < -0.39 is 17.8 Å². The molecule has 1 aromatic carbocycles. The first-order chi connectivity index (χ1) is 11.1. The Hall–Kier alpha value is -2.41. The number of amides is 2. The molecule has 2 amide bonds. The third kappa shape index (κ3) is 6.48. The van der Waals surface area contributed by atoms with Gasteiger partial charge in [-0.25, -0.2) is 4.79 Å². The van der Waals surface area contributed by atoms with E-state index in [-0.39, 0.29) is 17.9 Å². The molecule has 7 nitrogen and oxygen atoms in total. The molecule has 1 aromatic rings. The van der Waals surface area contributed by atoms with Crippen molar-refractivity contribution in [3.63, 3.8) is 0 Å². The number of esters is 1. The fraction of sp³-hybridized carbons (Fsp3) is 0.438. The van der Waals surface area contributed by atoms with Crippen molar-refractivity contribution >= 4 is 23.5 Å². The van der Waals surface area contributed by atoms with Gasteiger partial charge < -0.3 is 20.1 Å². The fourth-order valence-corrected chi connectivity index (χ4v) is 1.76. The van der Waals surface area contributed by atoms with Gasteiger partial charge in [0, 0.05) is 19.8 Å². The minimum absolute atomic E-state index is 0.201. The zero-order valence-corrected chi connectivity index (χ0v) is 13.4. The molecule has 126 valence electrons. The first kappa shape index (κ1) is 18.6. The summed E-state index contributed by atoms with van der Waals surface area (Å²) >= 11 is 0. The number of para-hydroxylation sites is 1. The van der Waals surface area contributed by atoms with Crippen molar-refractivity contribution in [2.75, 3.05) is 31.7 Å². The van der Waals surface area contributed by atoms with Gasteiger partial charge in [0.05, 0.1) is 17.9 Å². The van der Waals surface area contributed by atoms with E-state index in [9.17, 15) is 14.4 Å². The molecule has 0 atom stereocenters. The molecule has 0 aliphatic rings. The second-order valence-electron chi connectivity index (χ2n) is 4.53. The van der Waals surface area contributed by atoms with E-state index >= 15 is 0 Å². The van der Waals surface area contributed by atoms with Crippen molar-refractivity contribution in [1.82, 2.24) is 5.32 Å². The Morgan fingerprint density at radius 1 is 1.04 bits per heavy atom. The molecule has 0 spiro atoms. The largest absolute Gasteiger partial charge is 0.462 e. The molecular formula is C16H22N2O5. The van der Waals surface area contributed by atoms with E-state index in [4.69, 9.17) is 9.47 Å². The van der Waals surface area contributed by atoms with Gasteiger partial charge in [0.2, 0.25) is 0 Å². The van der Waals surface area contributed by atoms with Crippen molar-refractivity contribution in [3.8, 4) is 0 Å². The highest BCUT2D eigenvalue weighted by Gasteiger charge is 2.17. The van der Waals surface area contributed by atoms with Gasteiger partial charge in [-0.05, 0) is 32.4 Å². The van der Waals surface area contributed by atoms with E-state index in [1.807, 2.05) is 6.92 Å². The molecule has 0 aliphatic heterocycles. The minimum atomic E-state index is -0.835. The van der Waals surface area contributed by atoms with Crippen LogP contribution in [0.3, 0.4) is 0 Å². The number of carbonyl (C=O) groups is 3. The maximum Gasteiger partial charge on any atom is 0.340 e. The zero-order chi connectivity index (χ0) is 17.1. The Balaban J connectivity index is 2.56. The van der Waals surface area contributed by atoms with Crippen molar-refractivity contribution in [2.24, 2.45) is 0 Å². The van der Waals surface area contributed by atoms with Crippen LogP contribution in [0.2, 0.25) is 0 Å². The van der Waals surface area contributed by atoms with E-state index in [2.05, 4.69) is 10.6 Å². The van der Waals surface area contributed by atoms with E-state index in [0.29, 0.717) is 26.2 Å². The number of hydrogen-bond donors (Lipinski definition) is 2. The number of carbonyl (C=O) groups excluding carboxylic acids is 3. The van der Waals surface area contributed by atoms with Crippen LogP contribution in [0.5, 0.6) is 0 Å². The third-order valence-electron chi connectivity index (χ3n) is 2.83. The fourth-order valence-electron chi connectivity index (χ4n) is 1.76. The number of anilines is 1. The van der Waals surface area contributed by atoms with E-state index in [0.717, 1.165) is 0 Å². The topological polar surface area (TPSA) is 93.7 Å². The highest BCUT2D eigenvalue weighted by Crippen LogP contribution is 2.16. The molecule has 0 radical (unpaired) electrons. The third-order valence-corrected chi connectivity index (χ3v) is 2.83. The molecule has 7 heteroatoms. The van der Waals surface area contributed by atoms with Crippen LogP contribution < -0.4 is 10.6 Å². The highest BCUT2D eigenvalue weighted by molar-refractivity contribution is 6.40. The quantitative estimate of drug-likeness (QED) is 0.428. The SMILES string of the molecule is CCOCCCNC(=O)C(=O)Nc1ccccc1C(=O)OCC. The van der Waals surface area contributed by atoms with Crippen LogP contribution in [0.4, 0.5) is 5.69 Å². The Morgan fingerprint density at radius 2 is 1.78 bits per heavy atom. The van der Waals surface area contributed by atoms with Crippen molar-refractivity contribution in [2.45, 2.75) is 20.3 Å². The van der Waals surface area contributed by atoms with Crippen molar-refractivity contribution in [3.05, 3.63) is 29.8 Å². The second-order valence-corrected chi connectivity index (χ2v) is 4.53. The molecule has 0 aliphatic carbocycles. The Bertz CT molecular complexity index is 545. The standard InChI is InChI=1S/C16H22N2O5/c1-3-22-11-7-10-17-14(19)15(20)18-13-9-6-5-8-12(13)16(21)23-4-2/h5-6,8-9H,3-4,7,10-11H2,1-2H3,(H,17,19)(H,18,20). The summed E-state index contributed by atoms with van der Waals surface area (Å²) in [5.41, 5.74) is 0.437. The summed E-state index contributed by atoms with van der Waals surface area (Å²) in [6, 6.07) is 6.36. The molecule has 0 saturated carbocycles. The Labute approximate surface area is 135 Å². The molecule has 1 rings (SSSR count). The second kappa shape index (κ2) is 10.3. The van der Waals surface area contributed by atoms with Crippen LogP contribution >= 0.6 is 0 Å². The van der Waals surface area contributed by atoms with Crippen LogP contribution in [0.1, 0.15) is 30.6 Å². The molecular weight excluding hydrogens is 300 g/mol. The molecule has 0 aromatic heterocycles. The predicted molar refractivity (Wildman–Crippen MR) is 85.1 cm³/mol. The summed E-state index contributed by atoms with van der Waals surface area (Å²) in [6.07, 6.45) is 0.617. The average molecular weight is 322 g/mol. The maximum absolute atomic E-state index is 11.9. The van der Waals surface area contributed by atoms with E-state index in [1.165, 1.54) is 12.1 Å². The molecule has 23 heavy (non-hydrogen) atoms. The first-order valence-electron chi connectivity index (χ1n) is 7.53. The zero-order valence-electron chi connectivity index (χ0n) is 13.4. The normalized spacial score (nSPS) is 10.0. The van der Waals surface area contributed by atoms with Crippen molar-refractivity contribution in [1.29, 1.82) is 0 Å². The molecule has 0 unspecified atom stereocenters. The van der Waals surface area contributed by atoms with Gasteiger partial charge in [-0.1, -0.05) is 12.1 Å². The van der Waals surface area contributed by atoms with Gasteiger partial charge in [0.15, 0.2) is 0 Å². The van der Waals surface area contributed by atoms with Gasteiger partial charge in [-0.15, -0.1) is 0 Å². The Kier molecular flexibility index (Phi) is 8.38. The summed E-state index contributed by atoms with van der Waals surface area (Å²) in [5.74, 6) is -2.15. The smallest absolute Gasteiger partial charge is 0.340 e. The lowest BCUT2D eigenvalue weighted by molar-refractivity contribution is -0.136. The highest BCUT2D eigenvalue weighted by atomic mass is 16.5. The van der Waals surface area contributed by atoms with Gasteiger partial charge in [-0.3, -0.25) is 9.59 Å². The van der Waals surface area contributed by atoms with Crippen LogP contribution in [0.15, 0.2) is 24.3 Å². The molecule has 0 saturated heterocycles. The average Bonchev–Trinajstić information content (AvgIpc) is 2.55.